The van der Waals surface area contributed by atoms with Crippen LogP contribution in [0.5, 0.6) is 0 Å². The summed E-state index contributed by atoms with van der Waals surface area (Å²) in [5.41, 5.74) is 4.98. The van der Waals surface area contributed by atoms with E-state index < -0.39 is 0 Å². The molecule has 0 spiro atoms. The summed E-state index contributed by atoms with van der Waals surface area (Å²) in [5.74, 6) is 0.134. The van der Waals surface area contributed by atoms with Gasteiger partial charge in [0.25, 0.3) is 0 Å². The molecule has 3 atom stereocenters. The fourth-order valence-electron chi connectivity index (χ4n) is 5.42. The first-order valence-corrected chi connectivity index (χ1v) is 11.2. The Kier molecular flexibility index (Phi) is 5.87. The normalized spacial score (nSPS) is 26.7. The van der Waals surface area contributed by atoms with E-state index in [1.807, 2.05) is 6.07 Å². The molecule has 5 rings (SSSR count). The quantitative estimate of drug-likeness (QED) is 0.752. The van der Waals surface area contributed by atoms with Crippen molar-refractivity contribution in [1.82, 2.24) is 9.80 Å². The zero-order valence-electron chi connectivity index (χ0n) is 17.7. The second-order valence-corrected chi connectivity index (χ2v) is 8.87. The Bertz CT molecular complexity index is 881. The van der Waals surface area contributed by atoms with Crippen molar-refractivity contribution in [3.63, 3.8) is 0 Å². The van der Waals surface area contributed by atoms with E-state index in [-0.39, 0.29) is 18.0 Å². The Morgan fingerprint density at radius 3 is 2.60 bits per heavy atom. The predicted molar refractivity (Wildman–Crippen MR) is 115 cm³/mol. The van der Waals surface area contributed by atoms with Crippen molar-refractivity contribution in [2.45, 2.75) is 31.0 Å². The summed E-state index contributed by atoms with van der Waals surface area (Å²) in [5, 5.41) is 0. The van der Waals surface area contributed by atoms with Gasteiger partial charge in [0.2, 0.25) is 0 Å². The van der Waals surface area contributed by atoms with E-state index in [0.717, 1.165) is 64.3 Å². The molecule has 2 fully saturated rings. The number of nitrogens with zero attached hydrogens (tertiary/aromatic N) is 2. The number of benzene rings is 2. The molecule has 0 radical (unpaired) electrons. The first-order valence-electron chi connectivity index (χ1n) is 11.2. The molecule has 1 aliphatic carbocycles. The van der Waals surface area contributed by atoms with Gasteiger partial charge in [0, 0.05) is 52.3 Å². The maximum Gasteiger partial charge on any atom is 0.123 e. The molecule has 5 heteroatoms. The number of methoxy groups -OCH3 is 1. The highest BCUT2D eigenvalue weighted by atomic mass is 19.1. The van der Waals surface area contributed by atoms with Crippen molar-refractivity contribution < 1.29 is 13.9 Å². The molecule has 0 saturated carbocycles. The van der Waals surface area contributed by atoms with E-state index in [2.05, 4.69) is 34.1 Å². The second-order valence-electron chi connectivity index (χ2n) is 8.87. The molecule has 160 valence electrons. The number of hydrogen-bond acceptors (Lipinski definition) is 4. The number of piperazine rings is 1. The molecule has 3 unspecified atom stereocenters. The second kappa shape index (κ2) is 8.75. The molecular weight excluding hydrogens is 379 g/mol. The highest BCUT2D eigenvalue weighted by Gasteiger charge is 2.41. The lowest BCUT2D eigenvalue weighted by molar-refractivity contribution is 0.00719. The predicted octanol–water partition coefficient (Wildman–Crippen LogP) is 3.61. The van der Waals surface area contributed by atoms with Crippen LogP contribution >= 0.6 is 0 Å². The van der Waals surface area contributed by atoms with Crippen molar-refractivity contribution in [1.29, 1.82) is 0 Å². The number of halogens is 1. The zero-order valence-corrected chi connectivity index (χ0v) is 17.7. The van der Waals surface area contributed by atoms with Crippen LogP contribution < -0.4 is 0 Å². The molecule has 30 heavy (non-hydrogen) atoms. The summed E-state index contributed by atoms with van der Waals surface area (Å²) in [6.45, 7) is 7.07. The van der Waals surface area contributed by atoms with Crippen LogP contribution in [-0.4, -0.2) is 68.9 Å². The molecule has 0 aromatic heterocycles. The minimum Gasteiger partial charge on any atom is -0.383 e. The van der Waals surface area contributed by atoms with Crippen LogP contribution in [0, 0.1) is 5.82 Å². The van der Waals surface area contributed by atoms with Gasteiger partial charge >= 0.3 is 0 Å². The number of rotatable bonds is 5. The third kappa shape index (κ3) is 4.04. The summed E-state index contributed by atoms with van der Waals surface area (Å²) in [4.78, 5) is 4.99. The summed E-state index contributed by atoms with van der Waals surface area (Å²) in [6.07, 6.45) is 2.00. The molecule has 2 aliphatic heterocycles. The molecule has 2 heterocycles. The van der Waals surface area contributed by atoms with E-state index in [1.54, 1.807) is 19.2 Å². The monoisotopic (exact) mass is 410 g/mol. The van der Waals surface area contributed by atoms with Gasteiger partial charge in [-0.15, -0.1) is 0 Å². The van der Waals surface area contributed by atoms with Crippen molar-refractivity contribution in [2.24, 2.45) is 0 Å². The summed E-state index contributed by atoms with van der Waals surface area (Å²) in [6, 6.07) is 13.9. The highest BCUT2D eigenvalue weighted by Crippen LogP contribution is 2.49. The maximum absolute atomic E-state index is 14.1. The fourth-order valence-corrected chi connectivity index (χ4v) is 5.42. The van der Waals surface area contributed by atoms with E-state index >= 15 is 0 Å². The molecule has 2 aromatic rings. The van der Waals surface area contributed by atoms with Crippen molar-refractivity contribution in [3.8, 4) is 0 Å². The van der Waals surface area contributed by atoms with Gasteiger partial charge in [-0.3, -0.25) is 9.80 Å². The minimum absolute atomic E-state index is 0.0488. The van der Waals surface area contributed by atoms with Crippen molar-refractivity contribution in [3.05, 3.63) is 70.5 Å². The van der Waals surface area contributed by atoms with Gasteiger partial charge in [0.15, 0.2) is 0 Å². The van der Waals surface area contributed by atoms with Crippen molar-refractivity contribution >= 4 is 0 Å². The van der Waals surface area contributed by atoms with Crippen LogP contribution in [0.2, 0.25) is 0 Å². The van der Waals surface area contributed by atoms with Crippen LogP contribution in [0.25, 0.3) is 0 Å². The van der Waals surface area contributed by atoms with Gasteiger partial charge in [-0.2, -0.15) is 0 Å². The summed E-state index contributed by atoms with van der Waals surface area (Å²) in [7, 11) is 1.76. The van der Waals surface area contributed by atoms with Crippen molar-refractivity contribution in [2.75, 3.05) is 53.0 Å². The Balaban J connectivity index is 1.32. The largest absolute Gasteiger partial charge is 0.383 e. The van der Waals surface area contributed by atoms with Gasteiger partial charge in [-0.05, 0) is 47.2 Å². The molecular formula is C25H31FN2O2. The number of hydrogen-bond donors (Lipinski definition) is 0. The van der Waals surface area contributed by atoms with E-state index in [1.165, 1.54) is 16.7 Å². The van der Waals surface area contributed by atoms with E-state index in [9.17, 15) is 4.39 Å². The van der Waals surface area contributed by atoms with Crippen LogP contribution in [0.15, 0.2) is 42.5 Å². The van der Waals surface area contributed by atoms with Gasteiger partial charge in [0.1, 0.15) is 5.82 Å². The lowest BCUT2D eigenvalue weighted by Crippen LogP contribution is -2.49. The fraction of sp³-hybridized carbons (Fsp3) is 0.520. The Morgan fingerprint density at radius 2 is 1.77 bits per heavy atom. The molecule has 3 aliphatic rings. The van der Waals surface area contributed by atoms with Gasteiger partial charge < -0.3 is 9.47 Å². The average molecular weight is 411 g/mol. The van der Waals surface area contributed by atoms with E-state index in [0.29, 0.717) is 5.92 Å². The lowest BCUT2D eigenvalue weighted by atomic mass is 9.87. The third-order valence-electron chi connectivity index (χ3n) is 7.01. The average Bonchev–Trinajstić information content (AvgIpc) is 3.13. The number of fused-ring (bicyclic) bond motifs is 5. The molecule has 2 aromatic carbocycles. The van der Waals surface area contributed by atoms with Crippen LogP contribution in [0.4, 0.5) is 4.39 Å². The zero-order chi connectivity index (χ0) is 20.5. The standard InChI is InChI=1S/C25H31FN2O2/c1-29-13-12-27-8-10-28(11-9-27)17-21-16-24-22-5-3-2-4-18(22)14-19-6-7-20(26)15-23(19)25(24)30-21/h2-7,15,21,24-25H,8-14,16-17H2,1H3. The molecule has 2 saturated heterocycles. The van der Waals surface area contributed by atoms with Crippen LogP contribution in [0.1, 0.15) is 40.7 Å². The summed E-state index contributed by atoms with van der Waals surface area (Å²) >= 11 is 0. The number of ether oxygens (including phenoxy) is 2. The topological polar surface area (TPSA) is 24.9 Å². The molecule has 0 bridgehead atoms. The Hall–Kier alpha value is -1.79. The molecule has 0 N–H and O–H groups in total. The van der Waals surface area contributed by atoms with E-state index in [4.69, 9.17) is 9.47 Å². The van der Waals surface area contributed by atoms with Crippen LogP contribution in [0.3, 0.4) is 0 Å². The van der Waals surface area contributed by atoms with Gasteiger partial charge in [0.05, 0.1) is 18.8 Å². The SMILES string of the molecule is COCCN1CCN(CC2CC3c4ccccc4Cc4ccc(F)cc4C3O2)CC1. The van der Waals surface area contributed by atoms with Gasteiger partial charge in [-0.25, -0.2) is 4.39 Å². The highest BCUT2D eigenvalue weighted by molar-refractivity contribution is 5.45. The maximum atomic E-state index is 14.1. The first kappa shape index (κ1) is 20.1. The summed E-state index contributed by atoms with van der Waals surface area (Å²) < 4.78 is 26.0. The smallest absolute Gasteiger partial charge is 0.123 e. The third-order valence-corrected chi connectivity index (χ3v) is 7.01. The Morgan fingerprint density at radius 1 is 1.00 bits per heavy atom. The Labute approximate surface area is 178 Å². The van der Waals surface area contributed by atoms with Gasteiger partial charge in [-0.1, -0.05) is 30.3 Å². The first-order chi connectivity index (χ1) is 14.7. The molecule has 0 amide bonds. The van der Waals surface area contributed by atoms with Crippen LogP contribution in [-0.2, 0) is 15.9 Å². The lowest BCUT2D eigenvalue weighted by Gasteiger charge is -2.35. The molecule has 4 nitrogen and oxygen atoms in total. The minimum atomic E-state index is -0.169.